The quantitative estimate of drug-likeness (QED) is 0.325. The number of aliphatic hydroxyl groups is 1. The molecule has 14 heteroatoms. The molecule has 3 aromatic rings. The van der Waals surface area contributed by atoms with Gasteiger partial charge in [-0.3, -0.25) is 9.52 Å². The van der Waals surface area contributed by atoms with Crippen LogP contribution in [0.3, 0.4) is 0 Å². The first kappa shape index (κ1) is 37.3. The molecule has 0 saturated carbocycles. The second kappa shape index (κ2) is 16.2. The Labute approximate surface area is 282 Å². The molecule has 1 aliphatic rings. The maximum Gasteiger partial charge on any atom is 0.261 e. The molecule has 0 saturated heterocycles. The third-order valence-electron chi connectivity index (χ3n) is 8.32. The van der Waals surface area contributed by atoms with E-state index in [1.165, 1.54) is 48.3 Å². The summed E-state index contributed by atoms with van der Waals surface area (Å²) in [6.45, 7) is 5.40. The first-order valence-corrected chi connectivity index (χ1v) is 18.8. The van der Waals surface area contributed by atoms with Crippen molar-refractivity contribution < 1.29 is 40.6 Å². The standard InChI is InChI=1S/C34H44FN3O8S2/c1-24-21-38(25(2)23-39)34(40)31-20-28(36-47(41,42)29-11-6-5-7-12-29)15-18-32(31)46-26(3)10-8-9-19-45-33(24)22-37(4)48(43,44)30-16-13-27(35)14-17-30/h5-7,11-18,20,24-26,33,36,39H,8-10,19,21-23H2,1-4H3/t24-,25+,26+,33-/m1/s1. The Bertz CT molecular complexity index is 1740. The highest BCUT2D eigenvalue weighted by Gasteiger charge is 2.32. The lowest BCUT2D eigenvalue weighted by molar-refractivity contribution is -0.00834. The number of hydrogen-bond donors (Lipinski definition) is 2. The number of ether oxygens (including phenoxy) is 2. The molecule has 0 aliphatic carbocycles. The predicted molar refractivity (Wildman–Crippen MR) is 180 cm³/mol. The summed E-state index contributed by atoms with van der Waals surface area (Å²) < 4.78 is 82.5. The lowest BCUT2D eigenvalue weighted by Crippen LogP contribution is -2.48. The number of carbonyl (C=O) groups excluding carboxylic acids is 1. The minimum Gasteiger partial charge on any atom is -0.490 e. The fourth-order valence-corrected chi connectivity index (χ4v) is 7.65. The number of rotatable bonds is 9. The molecular weight excluding hydrogens is 662 g/mol. The van der Waals surface area contributed by atoms with Gasteiger partial charge in [-0.15, -0.1) is 0 Å². The highest BCUT2D eigenvalue weighted by Crippen LogP contribution is 2.30. The number of hydrogen-bond acceptors (Lipinski definition) is 8. The van der Waals surface area contributed by atoms with Crippen LogP contribution in [0, 0.1) is 11.7 Å². The SMILES string of the molecule is C[C@@H]1CN([C@@H](C)CO)C(=O)c2cc(NS(=O)(=O)c3ccccc3)ccc2O[C@@H](C)CCCCO[C@@H]1CN(C)S(=O)(=O)c1ccc(F)cc1. The van der Waals surface area contributed by atoms with E-state index in [9.17, 15) is 31.1 Å². The largest absolute Gasteiger partial charge is 0.490 e. The van der Waals surface area contributed by atoms with Crippen LogP contribution in [0.5, 0.6) is 5.75 Å². The number of fused-ring (bicyclic) bond motifs is 1. The van der Waals surface area contributed by atoms with Crippen LogP contribution in [-0.4, -0.2) is 88.7 Å². The number of halogens is 1. The minimum absolute atomic E-state index is 0.0437. The van der Waals surface area contributed by atoms with Gasteiger partial charge in [0.2, 0.25) is 10.0 Å². The molecule has 11 nitrogen and oxygen atoms in total. The van der Waals surface area contributed by atoms with Gasteiger partial charge in [-0.2, -0.15) is 4.31 Å². The Balaban J connectivity index is 1.67. The summed E-state index contributed by atoms with van der Waals surface area (Å²) in [5.41, 5.74) is 0.259. The third-order valence-corrected chi connectivity index (χ3v) is 11.6. The first-order valence-electron chi connectivity index (χ1n) is 15.9. The topological polar surface area (TPSA) is 143 Å². The summed E-state index contributed by atoms with van der Waals surface area (Å²) in [5, 5.41) is 10.2. The zero-order chi connectivity index (χ0) is 35.1. The Kier molecular flexibility index (Phi) is 12.6. The average molecular weight is 706 g/mol. The van der Waals surface area contributed by atoms with Gasteiger partial charge in [-0.1, -0.05) is 25.1 Å². The van der Waals surface area contributed by atoms with Crippen LogP contribution in [0.4, 0.5) is 10.1 Å². The maximum absolute atomic E-state index is 14.3. The fourth-order valence-electron chi connectivity index (χ4n) is 5.40. The van der Waals surface area contributed by atoms with Crippen LogP contribution >= 0.6 is 0 Å². The number of nitrogens with one attached hydrogen (secondary N) is 1. The molecule has 0 fully saturated rings. The van der Waals surface area contributed by atoms with E-state index >= 15 is 0 Å². The number of sulfonamides is 2. The van der Waals surface area contributed by atoms with Gasteiger partial charge in [-0.25, -0.2) is 21.2 Å². The molecule has 3 aromatic carbocycles. The first-order chi connectivity index (χ1) is 22.7. The van der Waals surface area contributed by atoms with Crippen molar-refractivity contribution in [3.63, 3.8) is 0 Å². The van der Waals surface area contributed by atoms with Gasteiger partial charge >= 0.3 is 0 Å². The predicted octanol–water partition coefficient (Wildman–Crippen LogP) is 4.74. The normalized spacial score (nSPS) is 20.8. The van der Waals surface area contributed by atoms with Crippen LogP contribution in [0.15, 0.2) is 82.6 Å². The van der Waals surface area contributed by atoms with E-state index in [0.717, 1.165) is 22.9 Å². The third kappa shape index (κ3) is 9.32. The molecule has 1 amide bonds. The summed E-state index contributed by atoms with van der Waals surface area (Å²) in [5.74, 6) is -1.20. The van der Waals surface area contributed by atoms with E-state index in [1.807, 2.05) is 13.8 Å². The monoisotopic (exact) mass is 705 g/mol. The van der Waals surface area contributed by atoms with Gasteiger partial charge in [0.15, 0.2) is 0 Å². The molecule has 0 unspecified atom stereocenters. The van der Waals surface area contributed by atoms with Gasteiger partial charge in [0.1, 0.15) is 11.6 Å². The number of carbonyl (C=O) groups is 1. The van der Waals surface area contributed by atoms with Crippen molar-refractivity contribution >= 4 is 31.6 Å². The van der Waals surface area contributed by atoms with E-state index in [4.69, 9.17) is 9.47 Å². The van der Waals surface area contributed by atoms with E-state index in [0.29, 0.717) is 19.4 Å². The lowest BCUT2D eigenvalue weighted by atomic mass is 10.0. The molecule has 0 spiro atoms. The van der Waals surface area contributed by atoms with E-state index in [-0.39, 0.29) is 52.6 Å². The average Bonchev–Trinajstić information content (AvgIpc) is 3.06. The molecule has 2 N–H and O–H groups in total. The van der Waals surface area contributed by atoms with Crippen molar-refractivity contribution in [2.24, 2.45) is 5.92 Å². The summed E-state index contributed by atoms with van der Waals surface area (Å²) in [7, 11) is -6.51. The Hall–Kier alpha value is -3.56. The number of amides is 1. The van der Waals surface area contributed by atoms with Crippen LogP contribution in [0.1, 0.15) is 50.4 Å². The molecule has 48 heavy (non-hydrogen) atoms. The molecule has 4 rings (SSSR count). The van der Waals surface area contributed by atoms with Gasteiger partial charge in [-0.05, 0) is 87.7 Å². The molecule has 0 radical (unpaired) electrons. The molecular formula is C34H44FN3O8S2. The molecule has 0 bridgehead atoms. The zero-order valence-corrected chi connectivity index (χ0v) is 29.2. The van der Waals surface area contributed by atoms with Crippen molar-refractivity contribution in [2.75, 3.05) is 38.1 Å². The van der Waals surface area contributed by atoms with Crippen molar-refractivity contribution in [3.8, 4) is 5.75 Å². The van der Waals surface area contributed by atoms with Gasteiger partial charge < -0.3 is 19.5 Å². The molecule has 4 atom stereocenters. The molecule has 1 heterocycles. The molecule has 0 aromatic heterocycles. The van der Waals surface area contributed by atoms with Crippen LogP contribution in [-0.2, 0) is 24.8 Å². The van der Waals surface area contributed by atoms with Crippen molar-refractivity contribution in [1.82, 2.24) is 9.21 Å². The highest BCUT2D eigenvalue weighted by atomic mass is 32.2. The summed E-state index contributed by atoms with van der Waals surface area (Å²) >= 11 is 0. The van der Waals surface area contributed by atoms with Gasteiger partial charge in [0.05, 0.1) is 40.2 Å². The number of aliphatic hydroxyl groups excluding tert-OH is 1. The number of anilines is 1. The Morgan fingerprint density at radius 1 is 1.00 bits per heavy atom. The van der Waals surface area contributed by atoms with Crippen molar-refractivity contribution in [2.45, 2.75) is 68.1 Å². The molecule has 1 aliphatic heterocycles. The number of likely N-dealkylation sites (N-methyl/N-ethyl adjacent to an activating group) is 1. The van der Waals surface area contributed by atoms with E-state index in [1.54, 1.807) is 31.2 Å². The fraction of sp³-hybridized carbons (Fsp3) is 0.441. The van der Waals surface area contributed by atoms with Crippen LogP contribution in [0.2, 0.25) is 0 Å². The highest BCUT2D eigenvalue weighted by molar-refractivity contribution is 7.92. The number of nitrogens with zero attached hydrogens (tertiary/aromatic N) is 2. The lowest BCUT2D eigenvalue weighted by Gasteiger charge is -2.35. The Morgan fingerprint density at radius 2 is 1.69 bits per heavy atom. The van der Waals surface area contributed by atoms with Gasteiger partial charge in [0.25, 0.3) is 15.9 Å². The summed E-state index contributed by atoms with van der Waals surface area (Å²) in [6, 6.07) is 16.3. The van der Waals surface area contributed by atoms with Crippen molar-refractivity contribution in [3.05, 3.63) is 84.2 Å². The van der Waals surface area contributed by atoms with Crippen molar-refractivity contribution in [1.29, 1.82) is 0 Å². The Morgan fingerprint density at radius 3 is 2.35 bits per heavy atom. The summed E-state index contributed by atoms with van der Waals surface area (Å²) in [6.07, 6.45) is 1.10. The minimum atomic E-state index is -3.98. The van der Waals surface area contributed by atoms with Crippen LogP contribution in [0.25, 0.3) is 0 Å². The summed E-state index contributed by atoms with van der Waals surface area (Å²) in [4.78, 5) is 15.8. The second-order valence-electron chi connectivity index (χ2n) is 12.2. The van der Waals surface area contributed by atoms with Gasteiger partial charge in [0, 0.05) is 38.3 Å². The van der Waals surface area contributed by atoms with E-state index < -0.39 is 49.8 Å². The zero-order valence-electron chi connectivity index (χ0n) is 27.6. The molecule has 262 valence electrons. The second-order valence-corrected chi connectivity index (χ2v) is 15.9. The van der Waals surface area contributed by atoms with Crippen LogP contribution < -0.4 is 9.46 Å². The van der Waals surface area contributed by atoms with E-state index in [2.05, 4.69) is 4.72 Å². The maximum atomic E-state index is 14.3. The smallest absolute Gasteiger partial charge is 0.261 e. The number of benzene rings is 3.